The van der Waals surface area contributed by atoms with Gasteiger partial charge in [0, 0.05) is 0 Å². The molecular weight excluding hydrogens is 340 g/mol. The minimum Gasteiger partial charge on any atom is -0.462 e. The van der Waals surface area contributed by atoms with Gasteiger partial charge in [-0.2, -0.15) is 0 Å². The van der Waals surface area contributed by atoms with E-state index in [1.54, 1.807) is 24.3 Å². The monoisotopic (exact) mass is 376 g/mol. The first-order valence-corrected chi connectivity index (χ1v) is 10.6. The van der Waals surface area contributed by atoms with Crippen LogP contribution >= 0.6 is 0 Å². The summed E-state index contributed by atoms with van der Waals surface area (Å²) < 4.78 is 10.9. The molecule has 27 heavy (non-hydrogen) atoms. The molecule has 0 N–H and O–H groups in total. The third-order valence-electron chi connectivity index (χ3n) is 4.67. The second kappa shape index (κ2) is 14.2. The van der Waals surface area contributed by atoms with E-state index in [0.717, 1.165) is 38.5 Å². The second-order valence-corrected chi connectivity index (χ2v) is 7.06. The smallest absolute Gasteiger partial charge is 0.338 e. The Morgan fingerprint density at radius 2 is 1.48 bits per heavy atom. The van der Waals surface area contributed by atoms with Crippen LogP contribution in [0.25, 0.3) is 0 Å². The molecule has 0 amide bonds. The van der Waals surface area contributed by atoms with E-state index in [-0.39, 0.29) is 18.0 Å². The zero-order chi connectivity index (χ0) is 19.9. The lowest BCUT2D eigenvalue weighted by Gasteiger charge is -2.16. The third-order valence-corrected chi connectivity index (χ3v) is 4.67. The van der Waals surface area contributed by atoms with Gasteiger partial charge in [-0.15, -0.1) is 0 Å². The van der Waals surface area contributed by atoms with Gasteiger partial charge in [-0.25, -0.2) is 9.59 Å². The van der Waals surface area contributed by atoms with Gasteiger partial charge in [-0.05, 0) is 37.5 Å². The Morgan fingerprint density at radius 1 is 0.852 bits per heavy atom. The van der Waals surface area contributed by atoms with Crippen molar-refractivity contribution in [3.63, 3.8) is 0 Å². The molecule has 0 aliphatic rings. The molecule has 1 atom stereocenters. The SMILES string of the molecule is CCCCCCCCOC(=O)c1cccc(C(=O)OC(CC)CCCC)c1. The fourth-order valence-corrected chi connectivity index (χ4v) is 2.90. The molecule has 1 unspecified atom stereocenters. The lowest BCUT2D eigenvalue weighted by atomic mass is 10.1. The van der Waals surface area contributed by atoms with Crippen LogP contribution in [0.5, 0.6) is 0 Å². The Morgan fingerprint density at radius 3 is 2.15 bits per heavy atom. The van der Waals surface area contributed by atoms with E-state index in [0.29, 0.717) is 17.7 Å². The van der Waals surface area contributed by atoms with E-state index in [4.69, 9.17) is 9.47 Å². The van der Waals surface area contributed by atoms with Crippen molar-refractivity contribution in [1.29, 1.82) is 0 Å². The molecule has 4 heteroatoms. The van der Waals surface area contributed by atoms with Crippen LogP contribution in [0.3, 0.4) is 0 Å². The molecule has 0 heterocycles. The van der Waals surface area contributed by atoms with Gasteiger partial charge in [0.05, 0.1) is 17.7 Å². The summed E-state index contributed by atoms with van der Waals surface area (Å²) in [4.78, 5) is 24.6. The molecule has 1 aromatic carbocycles. The van der Waals surface area contributed by atoms with Crippen molar-refractivity contribution in [2.45, 2.75) is 91.1 Å². The number of esters is 2. The second-order valence-electron chi connectivity index (χ2n) is 7.06. The highest BCUT2D eigenvalue weighted by atomic mass is 16.5. The van der Waals surface area contributed by atoms with E-state index in [2.05, 4.69) is 13.8 Å². The van der Waals surface area contributed by atoms with Crippen LogP contribution in [-0.4, -0.2) is 24.6 Å². The van der Waals surface area contributed by atoms with Crippen molar-refractivity contribution >= 4 is 11.9 Å². The number of benzene rings is 1. The third kappa shape index (κ3) is 9.60. The number of carbonyl (C=O) groups is 2. The summed E-state index contributed by atoms with van der Waals surface area (Å²) in [6.45, 7) is 6.76. The number of unbranched alkanes of at least 4 members (excludes halogenated alkanes) is 6. The molecule has 0 bridgehead atoms. The number of hydrogen-bond donors (Lipinski definition) is 0. The van der Waals surface area contributed by atoms with Crippen molar-refractivity contribution in [3.8, 4) is 0 Å². The van der Waals surface area contributed by atoms with Crippen LogP contribution in [0.15, 0.2) is 24.3 Å². The molecular formula is C23H36O4. The Balaban J connectivity index is 2.47. The van der Waals surface area contributed by atoms with Crippen molar-refractivity contribution in [3.05, 3.63) is 35.4 Å². The van der Waals surface area contributed by atoms with Crippen molar-refractivity contribution in [2.75, 3.05) is 6.61 Å². The molecule has 0 spiro atoms. The fraction of sp³-hybridized carbons (Fsp3) is 0.652. The molecule has 4 nitrogen and oxygen atoms in total. The summed E-state index contributed by atoms with van der Waals surface area (Å²) in [5.41, 5.74) is 0.802. The summed E-state index contributed by atoms with van der Waals surface area (Å²) in [7, 11) is 0. The van der Waals surface area contributed by atoms with Gasteiger partial charge in [-0.3, -0.25) is 0 Å². The highest BCUT2D eigenvalue weighted by Gasteiger charge is 2.16. The fourth-order valence-electron chi connectivity index (χ4n) is 2.90. The molecule has 1 aromatic rings. The summed E-state index contributed by atoms with van der Waals surface area (Å²) >= 11 is 0. The Bertz CT molecular complexity index is 553. The van der Waals surface area contributed by atoms with Crippen LogP contribution in [0.4, 0.5) is 0 Å². The van der Waals surface area contributed by atoms with Gasteiger partial charge in [0.25, 0.3) is 0 Å². The van der Waals surface area contributed by atoms with Gasteiger partial charge in [0.1, 0.15) is 6.10 Å². The zero-order valence-electron chi connectivity index (χ0n) is 17.3. The average molecular weight is 377 g/mol. The summed E-state index contributed by atoms with van der Waals surface area (Å²) in [6, 6.07) is 6.62. The normalized spacial score (nSPS) is 11.8. The van der Waals surface area contributed by atoms with E-state index >= 15 is 0 Å². The maximum atomic E-state index is 12.4. The minimum atomic E-state index is -0.378. The van der Waals surface area contributed by atoms with Crippen LogP contribution < -0.4 is 0 Å². The Labute approximate surface area is 164 Å². The maximum absolute atomic E-state index is 12.4. The predicted molar refractivity (Wildman–Crippen MR) is 109 cm³/mol. The van der Waals surface area contributed by atoms with Crippen molar-refractivity contribution in [1.82, 2.24) is 0 Å². The van der Waals surface area contributed by atoms with Gasteiger partial charge >= 0.3 is 11.9 Å². The molecule has 0 saturated heterocycles. The number of hydrogen-bond acceptors (Lipinski definition) is 4. The molecule has 0 aliphatic heterocycles. The highest BCUT2D eigenvalue weighted by Crippen LogP contribution is 2.14. The first kappa shape index (κ1) is 23.2. The van der Waals surface area contributed by atoms with Crippen LogP contribution in [0.2, 0.25) is 0 Å². The van der Waals surface area contributed by atoms with E-state index in [1.807, 2.05) is 6.92 Å². The lowest BCUT2D eigenvalue weighted by Crippen LogP contribution is -2.18. The molecule has 0 aliphatic carbocycles. The Kier molecular flexibility index (Phi) is 12.2. The maximum Gasteiger partial charge on any atom is 0.338 e. The van der Waals surface area contributed by atoms with E-state index in [9.17, 15) is 9.59 Å². The summed E-state index contributed by atoms with van der Waals surface area (Å²) in [5, 5.41) is 0. The molecule has 0 radical (unpaired) electrons. The minimum absolute atomic E-state index is 0.0687. The highest BCUT2D eigenvalue weighted by molar-refractivity contribution is 5.95. The average Bonchev–Trinajstić information content (AvgIpc) is 2.70. The zero-order valence-corrected chi connectivity index (χ0v) is 17.3. The number of ether oxygens (including phenoxy) is 2. The van der Waals surface area contributed by atoms with Gasteiger partial charge in [-0.1, -0.05) is 71.8 Å². The van der Waals surface area contributed by atoms with Crippen LogP contribution in [-0.2, 0) is 9.47 Å². The molecule has 0 fully saturated rings. The topological polar surface area (TPSA) is 52.6 Å². The van der Waals surface area contributed by atoms with Crippen molar-refractivity contribution < 1.29 is 19.1 Å². The number of carbonyl (C=O) groups excluding carboxylic acids is 2. The largest absolute Gasteiger partial charge is 0.462 e. The summed E-state index contributed by atoms with van der Waals surface area (Å²) in [6.07, 6.45) is 10.6. The van der Waals surface area contributed by atoms with Crippen LogP contribution in [0.1, 0.15) is 106 Å². The van der Waals surface area contributed by atoms with E-state index < -0.39 is 0 Å². The van der Waals surface area contributed by atoms with Gasteiger partial charge in [0.15, 0.2) is 0 Å². The molecule has 0 saturated carbocycles. The predicted octanol–water partition coefficient (Wildman–Crippen LogP) is 6.33. The first-order valence-electron chi connectivity index (χ1n) is 10.6. The summed E-state index contributed by atoms with van der Waals surface area (Å²) in [5.74, 6) is -0.750. The molecule has 152 valence electrons. The first-order chi connectivity index (χ1) is 13.1. The quantitative estimate of drug-likeness (QED) is 0.281. The van der Waals surface area contributed by atoms with Gasteiger partial charge < -0.3 is 9.47 Å². The van der Waals surface area contributed by atoms with Gasteiger partial charge in [0.2, 0.25) is 0 Å². The van der Waals surface area contributed by atoms with E-state index in [1.165, 1.54) is 25.7 Å². The molecule has 0 aromatic heterocycles. The van der Waals surface area contributed by atoms with Crippen LogP contribution in [0, 0.1) is 0 Å². The van der Waals surface area contributed by atoms with Crippen molar-refractivity contribution in [2.24, 2.45) is 0 Å². The standard InChI is InChI=1S/C23H36O4/c1-4-7-9-10-11-12-17-26-22(24)19-14-13-15-20(18-19)23(25)27-21(6-3)16-8-5-2/h13-15,18,21H,4-12,16-17H2,1-3H3. The lowest BCUT2D eigenvalue weighted by molar-refractivity contribution is 0.0268. The number of rotatable bonds is 14. The Hall–Kier alpha value is -1.84. The molecule has 1 rings (SSSR count).